The Morgan fingerprint density at radius 2 is 0.778 bits per heavy atom. The highest BCUT2D eigenvalue weighted by Gasteiger charge is 2.39. The predicted molar refractivity (Wildman–Crippen MR) is 117 cm³/mol. The maximum absolute atomic E-state index is 8.74. The van der Waals surface area contributed by atoms with E-state index in [0.29, 0.717) is 26.4 Å². The number of hydrogen-bond acceptors (Lipinski definition) is 4. The van der Waals surface area contributed by atoms with Crippen molar-refractivity contribution in [3.05, 3.63) is 0 Å². The van der Waals surface area contributed by atoms with Gasteiger partial charge in [-0.05, 0) is 33.6 Å². The molecule has 0 unspecified atom stereocenters. The van der Waals surface area contributed by atoms with Gasteiger partial charge in [0.2, 0.25) is 0 Å². The largest absolute Gasteiger partial charge is 0.500 e. The zero-order valence-electron chi connectivity index (χ0n) is 18.6. The summed E-state index contributed by atoms with van der Waals surface area (Å²) in [5, 5.41) is 8.74. The molecule has 0 aliphatic heterocycles. The van der Waals surface area contributed by atoms with Gasteiger partial charge in [0.05, 0.1) is 0 Å². The van der Waals surface area contributed by atoms with E-state index in [9.17, 15) is 0 Å². The molecular formula is C22H48O4Si. The molecule has 0 heterocycles. The van der Waals surface area contributed by atoms with Gasteiger partial charge in [-0.1, -0.05) is 77.0 Å². The van der Waals surface area contributed by atoms with Crippen LogP contribution >= 0.6 is 0 Å². The lowest BCUT2D eigenvalue weighted by molar-refractivity contribution is 0.0706. The molecule has 0 aliphatic carbocycles. The quantitative estimate of drug-likeness (QED) is 0.165. The van der Waals surface area contributed by atoms with Gasteiger partial charge in [-0.3, -0.25) is 0 Å². The second-order valence-electron chi connectivity index (χ2n) is 7.41. The smallest absolute Gasteiger partial charge is 0.396 e. The Morgan fingerprint density at radius 1 is 0.481 bits per heavy atom. The van der Waals surface area contributed by atoms with Crippen LogP contribution in [0.2, 0.25) is 6.04 Å². The zero-order chi connectivity index (χ0) is 20.1. The maximum Gasteiger partial charge on any atom is 0.500 e. The lowest BCUT2D eigenvalue weighted by Crippen LogP contribution is -2.45. The first kappa shape index (κ1) is 27.1. The van der Waals surface area contributed by atoms with E-state index in [-0.39, 0.29) is 0 Å². The summed E-state index contributed by atoms with van der Waals surface area (Å²) in [6.45, 7) is 8.46. The molecule has 0 spiro atoms. The van der Waals surface area contributed by atoms with Gasteiger partial charge in [0.25, 0.3) is 0 Å². The molecule has 0 aromatic heterocycles. The molecule has 0 aromatic carbocycles. The summed E-state index contributed by atoms with van der Waals surface area (Å²) in [5.74, 6) is 0. The molecule has 0 aliphatic rings. The minimum absolute atomic E-state index is 0.356. The summed E-state index contributed by atoms with van der Waals surface area (Å²) in [6.07, 6.45) is 18.2. The average Bonchev–Trinajstić information content (AvgIpc) is 2.65. The van der Waals surface area contributed by atoms with Gasteiger partial charge < -0.3 is 18.4 Å². The van der Waals surface area contributed by atoms with Gasteiger partial charge in [0.1, 0.15) is 0 Å². The van der Waals surface area contributed by atoms with Crippen LogP contribution in [0.5, 0.6) is 0 Å². The van der Waals surface area contributed by atoms with Crippen molar-refractivity contribution >= 4 is 8.80 Å². The number of hydrogen-bond donors (Lipinski definition) is 1. The Kier molecular flexibility index (Phi) is 20.8. The molecule has 0 saturated heterocycles. The molecule has 4 nitrogen and oxygen atoms in total. The molecule has 0 fully saturated rings. The van der Waals surface area contributed by atoms with E-state index in [0.717, 1.165) is 18.9 Å². The molecule has 5 heteroatoms. The summed E-state index contributed by atoms with van der Waals surface area (Å²) < 4.78 is 17.7. The van der Waals surface area contributed by atoms with E-state index in [1.807, 2.05) is 20.8 Å². The van der Waals surface area contributed by atoms with Crippen molar-refractivity contribution < 1.29 is 18.4 Å². The van der Waals surface area contributed by atoms with Crippen molar-refractivity contribution in [2.45, 2.75) is 117 Å². The molecule has 0 bridgehead atoms. The molecule has 0 atom stereocenters. The SMILES string of the molecule is CCO[Si](CCCCCCCCCCCCCCCCO)(OCC)OCC. The van der Waals surface area contributed by atoms with E-state index in [2.05, 4.69) is 0 Å². The van der Waals surface area contributed by atoms with E-state index in [1.54, 1.807) is 0 Å². The highest BCUT2D eigenvalue weighted by atomic mass is 28.4. The summed E-state index contributed by atoms with van der Waals surface area (Å²) in [5.41, 5.74) is 0. The molecule has 164 valence electrons. The normalized spacial score (nSPS) is 12.0. The summed E-state index contributed by atoms with van der Waals surface area (Å²) in [7, 11) is -2.41. The minimum Gasteiger partial charge on any atom is -0.396 e. The molecule has 0 amide bonds. The monoisotopic (exact) mass is 404 g/mol. The first-order valence-corrected chi connectivity index (χ1v) is 13.7. The third-order valence-corrected chi connectivity index (χ3v) is 8.14. The lowest BCUT2D eigenvalue weighted by atomic mass is 10.0. The average molecular weight is 405 g/mol. The number of rotatable bonds is 22. The van der Waals surface area contributed by atoms with Crippen LogP contribution in [0.4, 0.5) is 0 Å². The summed E-state index contributed by atoms with van der Waals surface area (Å²) >= 11 is 0. The van der Waals surface area contributed by atoms with Gasteiger partial charge in [0.15, 0.2) is 0 Å². The standard InChI is InChI=1S/C22H48O4Si/c1-4-24-27(25-5-2,26-6-3)22-20-18-16-14-12-10-8-7-9-11-13-15-17-19-21-23/h23H,4-22H2,1-3H3. The fraction of sp³-hybridized carbons (Fsp3) is 1.00. The van der Waals surface area contributed by atoms with Crippen molar-refractivity contribution in [1.82, 2.24) is 0 Å². The van der Waals surface area contributed by atoms with Gasteiger partial charge in [-0.2, -0.15) is 0 Å². The van der Waals surface area contributed by atoms with Crippen molar-refractivity contribution in [3.8, 4) is 0 Å². The van der Waals surface area contributed by atoms with Crippen LogP contribution in [0.25, 0.3) is 0 Å². The molecule has 0 saturated carbocycles. The van der Waals surface area contributed by atoms with Gasteiger partial charge in [-0.25, -0.2) is 0 Å². The van der Waals surface area contributed by atoms with Crippen LogP contribution in [0.15, 0.2) is 0 Å². The molecule has 0 rings (SSSR count). The van der Waals surface area contributed by atoms with E-state index in [4.69, 9.17) is 18.4 Å². The highest BCUT2D eigenvalue weighted by molar-refractivity contribution is 6.60. The molecule has 1 N–H and O–H groups in total. The first-order chi connectivity index (χ1) is 13.2. The number of aliphatic hydroxyl groups excluding tert-OH is 1. The van der Waals surface area contributed by atoms with Crippen molar-refractivity contribution in [2.24, 2.45) is 0 Å². The molecule has 0 aromatic rings. The van der Waals surface area contributed by atoms with Crippen molar-refractivity contribution in [1.29, 1.82) is 0 Å². The Hall–Kier alpha value is 0.0569. The van der Waals surface area contributed by atoms with E-state index in [1.165, 1.54) is 77.0 Å². The Balaban J connectivity index is 3.49. The summed E-state index contributed by atoms with van der Waals surface area (Å²) in [4.78, 5) is 0. The molecular weight excluding hydrogens is 356 g/mol. The van der Waals surface area contributed by atoms with E-state index < -0.39 is 8.80 Å². The highest BCUT2D eigenvalue weighted by Crippen LogP contribution is 2.21. The van der Waals surface area contributed by atoms with Crippen LogP contribution < -0.4 is 0 Å². The first-order valence-electron chi connectivity index (χ1n) is 11.8. The topological polar surface area (TPSA) is 47.9 Å². The second kappa shape index (κ2) is 20.8. The fourth-order valence-electron chi connectivity index (χ4n) is 3.58. The Bertz CT molecular complexity index is 272. The number of aliphatic hydroxyl groups is 1. The van der Waals surface area contributed by atoms with Gasteiger partial charge >= 0.3 is 8.80 Å². The lowest BCUT2D eigenvalue weighted by Gasteiger charge is -2.28. The van der Waals surface area contributed by atoms with Crippen LogP contribution in [0.1, 0.15) is 111 Å². The molecule has 27 heavy (non-hydrogen) atoms. The third-order valence-electron chi connectivity index (χ3n) is 4.98. The van der Waals surface area contributed by atoms with Gasteiger partial charge in [-0.15, -0.1) is 0 Å². The number of unbranched alkanes of at least 4 members (excludes halogenated alkanes) is 13. The minimum atomic E-state index is -2.41. The van der Waals surface area contributed by atoms with Crippen LogP contribution in [-0.4, -0.2) is 40.3 Å². The third kappa shape index (κ3) is 16.7. The predicted octanol–water partition coefficient (Wildman–Crippen LogP) is 6.49. The zero-order valence-corrected chi connectivity index (χ0v) is 19.6. The van der Waals surface area contributed by atoms with Crippen LogP contribution in [-0.2, 0) is 13.3 Å². The van der Waals surface area contributed by atoms with Crippen molar-refractivity contribution in [3.63, 3.8) is 0 Å². The fourth-order valence-corrected chi connectivity index (χ4v) is 6.26. The second-order valence-corrected chi connectivity index (χ2v) is 10.1. The maximum atomic E-state index is 8.74. The van der Waals surface area contributed by atoms with Crippen LogP contribution in [0, 0.1) is 0 Å². The van der Waals surface area contributed by atoms with Crippen molar-refractivity contribution in [2.75, 3.05) is 26.4 Å². The van der Waals surface area contributed by atoms with Gasteiger partial charge in [0, 0.05) is 32.5 Å². The summed E-state index contributed by atoms with van der Waals surface area (Å²) in [6, 6.07) is 0.959. The Morgan fingerprint density at radius 3 is 1.07 bits per heavy atom. The van der Waals surface area contributed by atoms with Crippen LogP contribution in [0.3, 0.4) is 0 Å². The molecule has 0 radical (unpaired) electrons. The Labute approximate surface area is 170 Å². The van der Waals surface area contributed by atoms with E-state index >= 15 is 0 Å².